The van der Waals surface area contributed by atoms with Gasteiger partial charge in [0.1, 0.15) is 0 Å². The van der Waals surface area contributed by atoms with Gasteiger partial charge in [0.25, 0.3) is 0 Å². The predicted molar refractivity (Wildman–Crippen MR) is 38.8 cm³/mol. The quantitative estimate of drug-likeness (QED) is 0.487. The normalized spacial score (nSPS) is 52.9. The molecule has 0 aromatic rings. The van der Waals surface area contributed by atoms with Crippen LogP contribution >= 0.6 is 0 Å². The monoisotopic (exact) mass is 152 g/mol. The summed E-state index contributed by atoms with van der Waals surface area (Å²) in [6.07, 6.45) is 3.94. The first-order valence-corrected chi connectivity index (χ1v) is 4.53. The minimum absolute atomic E-state index is 0.0993. The molecule has 2 aliphatic carbocycles. The summed E-state index contributed by atoms with van der Waals surface area (Å²) < 4.78 is 5.06. The highest BCUT2D eigenvalue weighted by Gasteiger charge is 2.54. The van der Waals surface area contributed by atoms with Crippen LogP contribution in [0.3, 0.4) is 0 Å². The number of carbonyl (C=O) groups excluding carboxylic acids is 1. The number of fused-ring (bicyclic) bond motifs is 5. The molecule has 2 bridgehead atoms. The van der Waals surface area contributed by atoms with Crippen LogP contribution < -0.4 is 0 Å². The van der Waals surface area contributed by atoms with Crippen LogP contribution in [0.2, 0.25) is 0 Å². The fraction of sp³-hybridized carbons (Fsp3) is 0.889. The third kappa shape index (κ3) is 0.608. The van der Waals surface area contributed by atoms with E-state index in [1.807, 2.05) is 0 Å². The molecule has 3 aliphatic rings. The lowest BCUT2D eigenvalue weighted by molar-refractivity contribution is -0.142. The number of carbonyl (C=O) groups is 1. The molecule has 1 heterocycles. The molecule has 0 spiro atoms. The first kappa shape index (κ1) is 6.04. The molecule has 3 unspecified atom stereocenters. The summed E-state index contributed by atoms with van der Waals surface area (Å²) in [6.45, 7) is 0.727. The Morgan fingerprint density at radius 1 is 1.27 bits per heavy atom. The third-order valence-corrected chi connectivity index (χ3v) is 3.78. The van der Waals surface area contributed by atoms with E-state index in [0.29, 0.717) is 17.8 Å². The highest BCUT2D eigenvalue weighted by atomic mass is 16.5. The smallest absolute Gasteiger partial charge is 0.309 e. The molecule has 2 heteroatoms. The highest BCUT2D eigenvalue weighted by Crippen LogP contribution is 2.54. The average Bonchev–Trinajstić information content (AvgIpc) is 2.60. The van der Waals surface area contributed by atoms with Gasteiger partial charge in [0, 0.05) is 5.92 Å². The molecular weight excluding hydrogens is 140 g/mol. The number of esters is 1. The van der Waals surface area contributed by atoms with Crippen LogP contribution in [0, 0.1) is 23.7 Å². The van der Waals surface area contributed by atoms with Gasteiger partial charge in [-0.15, -0.1) is 0 Å². The van der Waals surface area contributed by atoms with Crippen molar-refractivity contribution in [1.29, 1.82) is 0 Å². The first-order valence-electron chi connectivity index (χ1n) is 4.53. The SMILES string of the molecule is O=C1OCC2C3CC[C@@H](C3)C12. The molecule has 4 atom stereocenters. The largest absolute Gasteiger partial charge is 0.465 e. The Kier molecular flexibility index (Phi) is 0.984. The Bertz CT molecular complexity index is 212. The predicted octanol–water partition coefficient (Wildman–Crippen LogP) is 1.21. The molecule has 2 saturated carbocycles. The van der Waals surface area contributed by atoms with E-state index >= 15 is 0 Å². The zero-order valence-corrected chi connectivity index (χ0v) is 6.45. The zero-order chi connectivity index (χ0) is 7.42. The lowest BCUT2D eigenvalue weighted by Crippen LogP contribution is -2.22. The van der Waals surface area contributed by atoms with Crippen LogP contribution in [0.15, 0.2) is 0 Å². The minimum Gasteiger partial charge on any atom is -0.465 e. The van der Waals surface area contributed by atoms with Crippen molar-refractivity contribution < 1.29 is 9.53 Å². The second kappa shape index (κ2) is 1.79. The average molecular weight is 152 g/mol. The van der Waals surface area contributed by atoms with Crippen molar-refractivity contribution in [1.82, 2.24) is 0 Å². The molecule has 0 radical (unpaired) electrons. The molecular formula is C9H12O2. The van der Waals surface area contributed by atoms with Crippen molar-refractivity contribution in [2.75, 3.05) is 6.61 Å². The number of rotatable bonds is 0. The summed E-state index contributed by atoms with van der Waals surface area (Å²) in [5, 5.41) is 0. The summed E-state index contributed by atoms with van der Waals surface area (Å²) >= 11 is 0. The van der Waals surface area contributed by atoms with Crippen LogP contribution in [-0.2, 0) is 9.53 Å². The molecule has 3 fully saturated rings. The van der Waals surface area contributed by atoms with Crippen molar-refractivity contribution in [3.8, 4) is 0 Å². The first-order chi connectivity index (χ1) is 5.36. The van der Waals surface area contributed by atoms with Crippen molar-refractivity contribution in [3.05, 3.63) is 0 Å². The van der Waals surface area contributed by atoms with Gasteiger partial charge in [-0.1, -0.05) is 0 Å². The Morgan fingerprint density at radius 2 is 2.09 bits per heavy atom. The zero-order valence-electron chi connectivity index (χ0n) is 6.45. The van der Waals surface area contributed by atoms with E-state index in [1.165, 1.54) is 19.3 Å². The lowest BCUT2D eigenvalue weighted by Gasteiger charge is -2.19. The van der Waals surface area contributed by atoms with E-state index in [1.54, 1.807) is 0 Å². The third-order valence-electron chi connectivity index (χ3n) is 3.78. The topological polar surface area (TPSA) is 26.3 Å². The number of hydrogen-bond acceptors (Lipinski definition) is 2. The van der Waals surface area contributed by atoms with Gasteiger partial charge in [0.2, 0.25) is 0 Å². The molecule has 0 aromatic carbocycles. The summed E-state index contributed by atoms with van der Waals surface area (Å²) in [5.74, 6) is 2.55. The number of hydrogen-bond donors (Lipinski definition) is 0. The Labute approximate surface area is 65.9 Å². The molecule has 11 heavy (non-hydrogen) atoms. The van der Waals surface area contributed by atoms with Gasteiger partial charge in [-0.25, -0.2) is 0 Å². The maximum atomic E-state index is 11.2. The molecule has 0 amide bonds. The van der Waals surface area contributed by atoms with E-state index < -0.39 is 0 Å². The van der Waals surface area contributed by atoms with Gasteiger partial charge in [0.05, 0.1) is 12.5 Å². The highest BCUT2D eigenvalue weighted by molar-refractivity contribution is 5.75. The molecule has 0 aromatic heterocycles. The van der Waals surface area contributed by atoms with Crippen molar-refractivity contribution in [2.45, 2.75) is 19.3 Å². The summed E-state index contributed by atoms with van der Waals surface area (Å²) in [4.78, 5) is 11.2. The Hall–Kier alpha value is -0.530. The van der Waals surface area contributed by atoms with Gasteiger partial charge >= 0.3 is 5.97 Å². The molecule has 2 nitrogen and oxygen atoms in total. The van der Waals surface area contributed by atoms with Crippen molar-refractivity contribution in [2.24, 2.45) is 23.7 Å². The molecule has 60 valence electrons. The molecule has 0 N–H and O–H groups in total. The van der Waals surface area contributed by atoms with Gasteiger partial charge in [-0.3, -0.25) is 4.79 Å². The van der Waals surface area contributed by atoms with Gasteiger partial charge < -0.3 is 4.74 Å². The Morgan fingerprint density at radius 3 is 2.91 bits per heavy atom. The maximum Gasteiger partial charge on any atom is 0.309 e. The van der Waals surface area contributed by atoms with Crippen LogP contribution in [0.5, 0.6) is 0 Å². The maximum absolute atomic E-state index is 11.2. The standard InChI is InChI=1S/C9H12O2/c10-9-8-6-2-1-5(3-6)7(8)4-11-9/h5-8H,1-4H2/t5?,6-,7?,8?/m0/s1. The second-order valence-electron chi connectivity index (χ2n) is 4.15. The number of cyclic esters (lactones) is 1. The Balaban J connectivity index is 1.97. The molecule has 1 saturated heterocycles. The fourth-order valence-corrected chi connectivity index (χ4v) is 3.29. The number of ether oxygens (including phenoxy) is 1. The van der Waals surface area contributed by atoms with E-state index in [2.05, 4.69) is 0 Å². The van der Waals surface area contributed by atoms with Crippen molar-refractivity contribution >= 4 is 5.97 Å². The summed E-state index contributed by atoms with van der Waals surface area (Å²) in [5.41, 5.74) is 0. The second-order valence-corrected chi connectivity index (χ2v) is 4.15. The fourth-order valence-electron chi connectivity index (χ4n) is 3.29. The van der Waals surface area contributed by atoms with E-state index in [0.717, 1.165) is 12.5 Å². The minimum atomic E-state index is 0.0993. The van der Waals surface area contributed by atoms with Crippen LogP contribution in [0.1, 0.15) is 19.3 Å². The van der Waals surface area contributed by atoms with E-state index in [9.17, 15) is 4.79 Å². The van der Waals surface area contributed by atoms with Gasteiger partial charge in [-0.2, -0.15) is 0 Å². The molecule has 3 rings (SSSR count). The van der Waals surface area contributed by atoms with Gasteiger partial charge in [0.15, 0.2) is 0 Å². The van der Waals surface area contributed by atoms with E-state index in [-0.39, 0.29) is 5.97 Å². The van der Waals surface area contributed by atoms with E-state index in [4.69, 9.17) is 4.74 Å². The summed E-state index contributed by atoms with van der Waals surface area (Å²) in [7, 11) is 0. The van der Waals surface area contributed by atoms with Crippen LogP contribution in [0.25, 0.3) is 0 Å². The van der Waals surface area contributed by atoms with Crippen LogP contribution in [0.4, 0.5) is 0 Å². The summed E-state index contributed by atoms with van der Waals surface area (Å²) in [6, 6.07) is 0. The van der Waals surface area contributed by atoms with Crippen LogP contribution in [-0.4, -0.2) is 12.6 Å². The lowest BCUT2D eigenvalue weighted by atomic mass is 9.81. The molecule has 1 aliphatic heterocycles. The van der Waals surface area contributed by atoms with Gasteiger partial charge in [-0.05, 0) is 31.1 Å². The van der Waals surface area contributed by atoms with Crippen molar-refractivity contribution in [3.63, 3.8) is 0 Å².